The van der Waals surface area contributed by atoms with Gasteiger partial charge in [-0.05, 0) is 37.1 Å². The third-order valence-corrected chi connectivity index (χ3v) is 3.53. The summed E-state index contributed by atoms with van der Waals surface area (Å²) in [6.07, 6.45) is 0. The first-order valence-corrected chi connectivity index (χ1v) is 6.91. The molecule has 0 bridgehead atoms. The molecule has 1 heterocycles. The molecule has 4 heteroatoms. The van der Waals surface area contributed by atoms with E-state index < -0.39 is 0 Å². The van der Waals surface area contributed by atoms with Crippen LogP contribution in [0.2, 0.25) is 0 Å². The summed E-state index contributed by atoms with van der Waals surface area (Å²) in [7, 11) is 0. The monoisotopic (exact) mass is 262 g/mol. The maximum absolute atomic E-state index is 12.1. The van der Waals surface area contributed by atoms with Gasteiger partial charge in [-0.1, -0.05) is 19.1 Å². The van der Waals surface area contributed by atoms with Crippen molar-refractivity contribution in [3.05, 3.63) is 29.8 Å². The normalized spacial score (nSPS) is 22.2. The zero-order valence-corrected chi connectivity index (χ0v) is 11.6. The van der Waals surface area contributed by atoms with Crippen molar-refractivity contribution < 1.29 is 9.53 Å². The lowest BCUT2D eigenvalue weighted by molar-refractivity contribution is -0.125. The summed E-state index contributed by atoms with van der Waals surface area (Å²) in [5, 5.41) is 6.25. The summed E-state index contributed by atoms with van der Waals surface area (Å²) >= 11 is 0. The molecule has 2 rings (SSSR count). The standard InChI is InChI=1S/C15H22N2O2/c1-3-19-13-6-4-5-12(7-13)9-17-15(18)14-10-16-8-11(14)2/h4-7,11,14,16H,3,8-10H2,1-2H3,(H,17,18). The Morgan fingerprint density at radius 1 is 1.47 bits per heavy atom. The van der Waals surface area contributed by atoms with Crippen LogP contribution in [0.3, 0.4) is 0 Å². The molecule has 2 unspecified atom stereocenters. The maximum Gasteiger partial charge on any atom is 0.224 e. The van der Waals surface area contributed by atoms with Crippen LogP contribution in [0.15, 0.2) is 24.3 Å². The Hall–Kier alpha value is -1.55. The van der Waals surface area contributed by atoms with Crippen LogP contribution in [0, 0.1) is 11.8 Å². The van der Waals surface area contributed by atoms with E-state index >= 15 is 0 Å². The molecular weight excluding hydrogens is 240 g/mol. The third-order valence-electron chi connectivity index (χ3n) is 3.53. The smallest absolute Gasteiger partial charge is 0.224 e. The second-order valence-electron chi connectivity index (χ2n) is 5.04. The van der Waals surface area contributed by atoms with E-state index in [9.17, 15) is 4.79 Å². The van der Waals surface area contributed by atoms with Crippen molar-refractivity contribution in [1.82, 2.24) is 10.6 Å². The average molecular weight is 262 g/mol. The molecule has 104 valence electrons. The van der Waals surface area contributed by atoms with Gasteiger partial charge in [0.1, 0.15) is 5.75 Å². The van der Waals surface area contributed by atoms with Crippen molar-refractivity contribution in [1.29, 1.82) is 0 Å². The van der Waals surface area contributed by atoms with Crippen LogP contribution >= 0.6 is 0 Å². The van der Waals surface area contributed by atoms with Crippen LogP contribution in [-0.4, -0.2) is 25.6 Å². The van der Waals surface area contributed by atoms with Gasteiger partial charge in [0, 0.05) is 13.1 Å². The molecule has 1 aromatic carbocycles. The van der Waals surface area contributed by atoms with E-state index in [1.807, 2.05) is 31.2 Å². The zero-order chi connectivity index (χ0) is 13.7. The highest BCUT2D eigenvalue weighted by atomic mass is 16.5. The number of carbonyl (C=O) groups is 1. The van der Waals surface area contributed by atoms with Crippen molar-refractivity contribution >= 4 is 5.91 Å². The minimum atomic E-state index is 0.0927. The number of rotatable bonds is 5. The minimum absolute atomic E-state index is 0.0927. The van der Waals surface area contributed by atoms with Gasteiger partial charge in [-0.25, -0.2) is 0 Å². The van der Waals surface area contributed by atoms with E-state index in [-0.39, 0.29) is 11.8 Å². The Bertz CT molecular complexity index is 434. The minimum Gasteiger partial charge on any atom is -0.494 e. The molecule has 2 atom stereocenters. The van der Waals surface area contributed by atoms with Gasteiger partial charge >= 0.3 is 0 Å². The summed E-state index contributed by atoms with van der Waals surface area (Å²) in [5.74, 6) is 1.49. The second-order valence-corrected chi connectivity index (χ2v) is 5.04. The van der Waals surface area contributed by atoms with Crippen molar-refractivity contribution in [2.75, 3.05) is 19.7 Å². The topological polar surface area (TPSA) is 50.4 Å². The lowest BCUT2D eigenvalue weighted by atomic mass is 9.97. The Balaban J connectivity index is 1.87. The molecule has 1 aliphatic rings. The fraction of sp³-hybridized carbons (Fsp3) is 0.533. The van der Waals surface area contributed by atoms with Gasteiger partial charge < -0.3 is 15.4 Å². The van der Waals surface area contributed by atoms with E-state index in [0.717, 1.165) is 24.4 Å². The van der Waals surface area contributed by atoms with Crippen molar-refractivity contribution in [2.24, 2.45) is 11.8 Å². The number of ether oxygens (including phenoxy) is 1. The summed E-state index contributed by atoms with van der Waals surface area (Å²) < 4.78 is 5.45. The number of hydrogen-bond acceptors (Lipinski definition) is 3. The van der Waals surface area contributed by atoms with Gasteiger partial charge in [-0.3, -0.25) is 4.79 Å². The van der Waals surface area contributed by atoms with E-state index in [1.165, 1.54) is 0 Å². The van der Waals surface area contributed by atoms with E-state index in [1.54, 1.807) is 0 Å². The first-order valence-electron chi connectivity index (χ1n) is 6.91. The molecule has 0 saturated carbocycles. The average Bonchev–Trinajstić information content (AvgIpc) is 2.83. The highest BCUT2D eigenvalue weighted by molar-refractivity contribution is 5.79. The van der Waals surface area contributed by atoms with Gasteiger partial charge in [-0.2, -0.15) is 0 Å². The molecule has 0 aromatic heterocycles. The zero-order valence-electron chi connectivity index (χ0n) is 11.6. The van der Waals surface area contributed by atoms with Crippen molar-refractivity contribution in [2.45, 2.75) is 20.4 Å². The van der Waals surface area contributed by atoms with Gasteiger partial charge in [0.05, 0.1) is 12.5 Å². The molecule has 1 aliphatic heterocycles. The lowest BCUT2D eigenvalue weighted by Gasteiger charge is -2.14. The molecule has 0 aliphatic carbocycles. The van der Waals surface area contributed by atoms with Crippen LogP contribution in [0.1, 0.15) is 19.4 Å². The second kappa shape index (κ2) is 6.57. The first-order chi connectivity index (χ1) is 9.20. The van der Waals surface area contributed by atoms with Gasteiger partial charge in [0.15, 0.2) is 0 Å². The van der Waals surface area contributed by atoms with Crippen molar-refractivity contribution in [3.63, 3.8) is 0 Å². The van der Waals surface area contributed by atoms with E-state index in [2.05, 4.69) is 17.6 Å². The summed E-state index contributed by atoms with van der Waals surface area (Å²) in [4.78, 5) is 12.1. The molecule has 2 N–H and O–H groups in total. The lowest BCUT2D eigenvalue weighted by Crippen LogP contribution is -2.33. The molecule has 4 nitrogen and oxygen atoms in total. The predicted molar refractivity (Wildman–Crippen MR) is 75.0 cm³/mol. The summed E-state index contributed by atoms with van der Waals surface area (Å²) in [6.45, 7) is 7.00. The van der Waals surface area contributed by atoms with Crippen molar-refractivity contribution in [3.8, 4) is 5.75 Å². The van der Waals surface area contributed by atoms with E-state index in [0.29, 0.717) is 19.1 Å². The molecule has 1 fully saturated rings. The first kappa shape index (κ1) is 13.9. The van der Waals surface area contributed by atoms with Crippen LogP contribution in [0.4, 0.5) is 0 Å². The molecule has 1 amide bonds. The number of carbonyl (C=O) groups excluding carboxylic acids is 1. The van der Waals surface area contributed by atoms with Crippen LogP contribution in [-0.2, 0) is 11.3 Å². The Kier molecular flexibility index (Phi) is 4.80. The predicted octanol–water partition coefficient (Wildman–Crippen LogP) is 1.56. The Morgan fingerprint density at radius 3 is 3.00 bits per heavy atom. The number of benzene rings is 1. The molecule has 0 radical (unpaired) electrons. The largest absolute Gasteiger partial charge is 0.494 e. The Morgan fingerprint density at radius 2 is 2.32 bits per heavy atom. The highest BCUT2D eigenvalue weighted by Crippen LogP contribution is 2.17. The van der Waals surface area contributed by atoms with Crippen LogP contribution in [0.25, 0.3) is 0 Å². The Labute approximate surface area is 114 Å². The molecule has 0 spiro atoms. The molecule has 1 saturated heterocycles. The fourth-order valence-electron chi connectivity index (χ4n) is 2.39. The SMILES string of the molecule is CCOc1cccc(CNC(=O)C2CNCC2C)c1. The summed E-state index contributed by atoms with van der Waals surface area (Å²) in [6, 6.07) is 7.85. The third kappa shape index (κ3) is 3.70. The summed E-state index contributed by atoms with van der Waals surface area (Å²) in [5.41, 5.74) is 1.07. The fourth-order valence-corrected chi connectivity index (χ4v) is 2.39. The van der Waals surface area contributed by atoms with Crippen LogP contribution in [0.5, 0.6) is 5.75 Å². The van der Waals surface area contributed by atoms with E-state index in [4.69, 9.17) is 4.74 Å². The van der Waals surface area contributed by atoms with Gasteiger partial charge in [0.2, 0.25) is 5.91 Å². The molecular formula is C15H22N2O2. The number of amides is 1. The van der Waals surface area contributed by atoms with Gasteiger partial charge in [0.25, 0.3) is 0 Å². The van der Waals surface area contributed by atoms with Gasteiger partial charge in [-0.15, -0.1) is 0 Å². The molecule has 1 aromatic rings. The quantitative estimate of drug-likeness (QED) is 0.846. The highest BCUT2D eigenvalue weighted by Gasteiger charge is 2.29. The number of nitrogens with one attached hydrogen (secondary N) is 2. The van der Waals surface area contributed by atoms with Crippen LogP contribution < -0.4 is 15.4 Å². The molecule has 19 heavy (non-hydrogen) atoms. The number of hydrogen-bond donors (Lipinski definition) is 2. The maximum atomic E-state index is 12.1.